The molecule has 2 nitrogen and oxygen atoms in total. The minimum atomic E-state index is -4.34. The van der Waals surface area contributed by atoms with Gasteiger partial charge in [-0.15, -0.1) is 0 Å². The van der Waals surface area contributed by atoms with Crippen molar-refractivity contribution in [1.82, 2.24) is 9.78 Å². The van der Waals surface area contributed by atoms with Crippen molar-refractivity contribution >= 4 is 0 Å². The van der Waals surface area contributed by atoms with Crippen molar-refractivity contribution in [3.63, 3.8) is 0 Å². The topological polar surface area (TPSA) is 17.8 Å². The molecule has 1 heterocycles. The fraction of sp³-hybridized carbons (Fsp3) is 0.118. The maximum atomic E-state index is 12.8. The highest BCUT2D eigenvalue weighted by Crippen LogP contribution is 2.32. The van der Waals surface area contributed by atoms with Crippen LogP contribution >= 0.6 is 0 Å². The maximum Gasteiger partial charge on any atom is 0.416 e. The van der Waals surface area contributed by atoms with Crippen molar-refractivity contribution in [2.24, 2.45) is 0 Å². The predicted octanol–water partition coefficient (Wildman–Crippen LogP) is 4.87. The van der Waals surface area contributed by atoms with Crippen molar-refractivity contribution in [1.29, 1.82) is 0 Å². The lowest BCUT2D eigenvalue weighted by Crippen LogP contribution is -2.04. The van der Waals surface area contributed by atoms with Crippen LogP contribution in [0.25, 0.3) is 16.8 Å². The van der Waals surface area contributed by atoms with Crippen LogP contribution in [0.4, 0.5) is 13.2 Å². The number of benzene rings is 2. The molecule has 3 aromatic rings. The van der Waals surface area contributed by atoms with E-state index in [0.29, 0.717) is 11.1 Å². The zero-order valence-corrected chi connectivity index (χ0v) is 11.8. The summed E-state index contributed by atoms with van der Waals surface area (Å²) in [6, 6.07) is 13.0. The molecule has 0 fully saturated rings. The Hall–Kier alpha value is -2.56. The molecular weight excluding hydrogens is 289 g/mol. The lowest BCUT2D eigenvalue weighted by Gasteiger charge is -2.07. The van der Waals surface area contributed by atoms with Gasteiger partial charge in [0, 0.05) is 11.8 Å². The van der Waals surface area contributed by atoms with Crippen LogP contribution < -0.4 is 0 Å². The van der Waals surface area contributed by atoms with Crippen molar-refractivity contribution < 1.29 is 13.2 Å². The van der Waals surface area contributed by atoms with Gasteiger partial charge in [0.05, 0.1) is 17.4 Å². The molecule has 22 heavy (non-hydrogen) atoms. The van der Waals surface area contributed by atoms with E-state index < -0.39 is 11.7 Å². The second-order valence-corrected chi connectivity index (χ2v) is 5.09. The molecule has 0 aliphatic carbocycles. The van der Waals surface area contributed by atoms with E-state index in [1.807, 2.05) is 31.2 Å². The second kappa shape index (κ2) is 5.33. The summed E-state index contributed by atoms with van der Waals surface area (Å²) in [5, 5.41) is 4.23. The van der Waals surface area contributed by atoms with Gasteiger partial charge in [-0.2, -0.15) is 18.3 Å². The average Bonchev–Trinajstić information content (AvgIpc) is 2.96. The molecule has 0 N–H and O–H groups in total. The number of alkyl halides is 3. The van der Waals surface area contributed by atoms with E-state index in [-0.39, 0.29) is 0 Å². The molecule has 0 amide bonds. The summed E-state index contributed by atoms with van der Waals surface area (Å²) in [6.07, 6.45) is -1.05. The Morgan fingerprint density at radius 1 is 0.955 bits per heavy atom. The standard InChI is InChI=1S/C17H13F3N2/c1-12-4-2-7-16(8-12)22-11-14(10-21-22)13-5-3-6-15(9-13)17(18,19)20/h2-11H,1H3. The number of aromatic nitrogens is 2. The maximum absolute atomic E-state index is 12.8. The van der Waals surface area contributed by atoms with Gasteiger partial charge >= 0.3 is 6.18 Å². The molecule has 5 heteroatoms. The summed E-state index contributed by atoms with van der Waals surface area (Å²) in [5.74, 6) is 0. The van der Waals surface area contributed by atoms with E-state index in [1.54, 1.807) is 23.1 Å². The van der Waals surface area contributed by atoms with E-state index in [1.165, 1.54) is 6.07 Å². The van der Waals surface area contributed by atoms with Gasteiger partial charge in [-0.3, -0.25) is 0 Å². The van der Waals surface area contributed by atoms with Crippen molar-refractivity contribution in [3.05, 3.63) is 72.1 Å². The van der Waals surface area contributed by atoms with Crippen LogP contribution in [0.2, 0.25) is 0 Å². The van der Waals surface area contributed by atoms with Gasteiger partial charge in [0.2, 0.25) is 0 Å². The molecular formula is C17H13F3N2. The smallest absolute Gasteiger partial charge is 0.240 e. The summed E-state index contributed by atoms with van der Waals surface area (Å²) in [5.41, 5.74) is 2.45. The predicted molar refractivity (Wildman–Crippen MR) is 78.7 cm³/mol. The summed E-state index contributed by atoms with van der Waals surface area (Å²) in [7, 11) is 0. The van der Waals surface area contributed by atoms with Gasteiger partial charge in [0.25, 0.3) is 0 Å². The Kier molecular flexibility index (Phi) is 3.48. The third kappa shape index (κ3) is 2.88. The number of halogens is 3. The zero-order chi connectivity index (χ0) is 15.7. The molecule has 0 saturated carbocycles. The van der Waals surface area contributed by atoms with Gasteiger partial charge in [-0.1, -0.05) is 24.3 Å². The third-order valence-corrected chi connectivity index (χ3v) is 3.37. The van der Waals surface area contributed by atoms with Crippen LogP contribution in [-0.2, 0) is 6.18 Å². The highest BCUT2D eigenvalue weighted by molar-refractivity contribution is 5.63. The number of nitrogens with zero attached hydrogens (tertiary/aromatic N) is 2. The average molecular weight is 302 g/mol. The first kappa shape index (κ1) is 14.4. The Balaban J connectivity index is 1.98. The Labute approximate surface area is 125 Å². The van der Waals surface area contributed by atoms with Crippen LogP contribution in [-0.4, -0.2) is 9.78 Å². The molecule has 0 aliphatic heterocycles. The van der Waals surface area contributed by atoms with Gasteiger partial charge < -0.3 is 0 Å². The van der Waals surface area contributed by atoms with Gasteiger partial charge in [-0.05, 0) is 42.3 Å². The minimum Gasteiger partial charge on any atom is -0.240 e. The first-order valence-corrected chi connectivity index (χ1v) is 6.73. The van der Waals surface area contributed by atoms with Crippen molar-refractivity contribution in [2.45, 2.75) is 13.1 Å². The molecule has 0 unspecified atom stereocenters. The first-order chi connectivity index (χ1) is 10.4. The lowest BCUT2D eigenvalue weighted by atomic mass is 10.1. The molecule has 3 rings (SSSR count). The number of hydrogen-bond acceptors (Lipinski definition) is 1. The molecule has 0 spiro atoms. The monoisotopic (exact) mass is 302 g/mol. The molecule has 0 saturated heterocycles. The SMILES string of the molecule is Cc1cccc(-n2cc(-c3cccc(C(F)(F)F)c3)cn2)c1. The molecule has 0 radical (unpaired) electrons. The van der Waals surface area contributed by atoms with Gasteiger partial charge in [-0.25, -0.2) is 4.68 Å². The highest BCUT2D eigenvalue weighted by atomic mass is 19.4. The quantitative estimate of drug-likeness (QED) is 0.660. The summed E-state index contributed by atoms with van der Waals surface area (Å²) in [4.78, 5) is 0. The number of aryl methyl sites for hydroxylation is 1. The van der Waals surface area contributed by atoms with Crippen LogP contribution in [0.5, 0.6) is 0 Å². The summed E-state index contributed by atoms with van der Waals surface area (Å²) < 4.78 is 40.0. The van der Waals surface area contributed by atoms with Gasteiger partial charge in [0.15, 0.2) is 0 Å². The van der Waals surface area contributed by atoms with Crippen LogP contribution in [0, 0.1) is 6.92 Å². The number of hydrogen-bond donors (Lipinski definition) is 0. The molecule has 112 valence electrons. The van der Waals surface area contributed by atoms with E-state index in [2.05, 4.69) is 5.10 Å². The zero-order valence-electron chi connectivity index (χ0n) is 11.8. The van der Waals surface area contributed by atoms with Crippen LogP contribution in [0.1, 0.15) is 11.1 Å². The minimum absolute atomic E-state index is 0.494. The second-order valence-electron chi connectivity index (χ2n) is 5.09. The molecule has 0 aliphatic rings. The third-order valence-electron chi connectivity index (χ3n) is 3.37. The van der Waals surface area contributed by atoms with E-state index in [4.69, 9.17) is 0 Å². The van der Waals surface area contributed by atoms with Crippen molar-refractivity contribution in [2.75, 3.05) is 0 Å². The fourth-order valence-corrected chi connectivity index (χ4v) is 2.26. The Morgan fingerprint density at radius 2 is 1.73 bits per heavy atom. The van der Waals surface area contributed by atoms with Gasteiger partial charge in [0.1, 0.15) is 0 Å². The van der Waals surface area contributed by atoms with Crippen LogP contribution in [0.15, 0.2) is 60.9 Å². The Morgan fingerprint density at radius 3 is 2.45 bits per heavy atom. The van der Waals surface area contributed by atoms with E-state index >= 15 is 0 Å². The van der Waals surface area contributed by atoms with E-state index in [0.717, 1.165) is 23.4 Å². The largest absolute Gasteiger partial charge is 0.416 e. The molecule has 2 aromatic carbocycles. The molecule has 0 bridgehead atoms. The van der Waals surface area contributed by atoms with Crippen molar-refractivity contribution in [3.8, 4) is 16.8 Å². The van der Waals surface area contributed by atoms with Crippen LogP contribution in [0.3, 0.4) is 0 Å². The normalized spacial score (nSPS) is 11.6. The fourth-order valence-electron chi connectivity index (χ4n) is 2.26. The van der Waals surface area contributed by atoms with E-state index in [9.17, 15) is 13.2 Å². The number of rotatable bonds is 2. The molecule has 1 aromatic heterocycles. The summed E-state index contributed by atoms with van der Waals surface area (Å²) >= 11 is 0. The molecule has 0 atom stereocenters. The lowest BCUT2D eigenvalue weighted by molar-refractivity contribution is -0.137. The highest BCUT2D eigenvalue weighted by Gasteiger charge is 2.30. The Bertz CT molecular complexity index is 803. The summed E-state index contributed by atoms with van der Waals surface area (Å²) in [6.45, 7) is 1.97. The first-order valence-electron chi connectivity index (χ1n) is 6.73.